The third-order valence-electron chi connectivity index (χ3n) is 3.19. The Hall–Kier alpha value is -2.15. The van der Waals surface area contributed by atoms with Gasteiger partial charge in [0.15, 0.2) is 0 Å². The summed E-state index contributed by atoms with van der Waals surface area (Å²) in [5, 5.41) is 13.6. The largest absolute Gasteiger partial charge is 0.496 e. The van der Waals surface area contributed by atoms with Gasteiger partial charge in [-0.05, 0) is 17.5 Å². The first-order chi connectivity index (χ1) is 9.65. The Morgan fingerprint density at radius 3 is 2.57 bits per heavy atom. The number of carbonyl (C=O) groups is 1. The highest BCUT2D eigenvalue weighted by atomic mass is 16.6. The molecule has 0 aliphatic carbocycles. The lowest BCUT2D eigenvalue weighted by molar-refractivity contribution is -0.384. The number of hydrogen-bond donors (Lipinski definition) is 2. The van der Waals surface area contributed by atoms with Crippen LogP contribution in [0.3, 0.4) is 0 Å². The zero-order valence-corrected chi connectivity index (χ0v) is 12.7. The van der Waals surface area contributed by atoms with Gasteiger partial charge in [0.25, 0.3) is 5.69 Å². The predicted octanol–water partition coefficient (Wildman–Crippen LogP) is 2.31. The summed E-state index contributed by atoms with van der Waals surface area (Å²) in [5.41, 5.74) is 5.63. The van der Waals surface area contributed by atoms with Gasteiger partial charge < -0.3 is 15.8 Å². The smallest absolute Gasteiger partial charge is 0.296 e. The number of hydrogen-bond acceptors (Lipinski definition) is 5. The van der Waals surface area contributed by atoms with Crippen LogP contribution in [0.1, 0.15) is 27.2 Å². The summed E-state index contributed by atoms with van der Waals surface area (Å²) in [5.74, 6) is -0.00298. The minimum atomic E-state index is -0.568. The summed E-state index contributed by atoms with van der Waals surface area (Å²) in [6, 6.07) is 3.91. The molecule has 3 N–H and O–H groups in total. The fourth-order valence-electron chi connectivity index (χ4n) is 1.60. The van der Waals surface area contributed by atoms with Gasteiger partial charge in [0.1, 0.15) is 11.4 Å². The lowest BCUT2D eigenvalue weighted by Gasteiger charge is -2.26. The van der Waals surface area contributed by atoms with E-state index >= 15 is 0 Å². The normalized spacial score (nSPS) is 12.6. The quantitative estimate of drug-likeness (QED) is 0.640. The molecule has 1 aromatic carbocycles. The molecule has 7 heteroatoms. The zero-order valence-electron chi connectivity index (χ0n) is 12.7. The van der Waals surface area contributed by atoms with Crippen LogP contribution in [0.15, 0.2) is 18.2 Å². The number of anilines is 1. The average molecular weight is 295 g/mol. The first-order valence-electron chi connectivity index (χ1n) is 6.53. The molecule has 1 amide bonds. The number of nitro groups is 1. The molecule has 1 rings (SSSR count). The van der Waals surface area contributed by atoms with Gasteiger partial charge in [0.2, 0.25) is 5.91 Å². The van der Waals surface area contributed by atoms with Crippen LogP contribution in [-0.2, 0) is 4.79 Å². The van der Waals surface area contributed by atoms with E-state index in [9.17, 15) is 14.9 Å². The highest BCUT2D eigenvalue weighted by Crippen LogP contribution is 2.29. The second-order valence-corrected chi connectivity index (χ2v) is 5.87. The maximum atomic E-state index is 12.0. The molecule has 1 unspecified atom stereocenters. The molecule has 0 aliphatic heterocycles. The molecule has 0 aromatic heterocycles. The lowest BCUT2D eigenvalue weighted by atomic mass is 9.85. The van der Waals surface area contributed by atoms with E-state index in [1.807, 2.05) is 20.8 Å². The predicted molar refractivity (Wildman–Crippen MR) is 80.3 cm³/mol. The molecule has 0 bridgehead atoms. The summed E-state index contributed by atoms with van der Waals surface area (Å²) in [7, 11) is 1.42. The van der Waals surface area contributed by atoms with Gasteiger partial charge in [0.05, 0.1) is 18.1 Å². The minimum absolute atomic E-state index is 0.0900. The van der Waals surface area contributed by atoms with Crippen molar-refractivity contribution in [3.63, 3.8) is 0 Å². The number of nitro benzene ring substituents is 1. The summed E-state index contributed by atoms with van der Waals surface area (Å²) >= 11 is 0. The van der Waals surface area contributed by atoms with Crippen molar-refractivity contribution in [1.82, 2.24) is 0 Å². The molecule has 21 heavy (non-hydrogen) atoms. The molecule has 0 spiro atoms. The second kappa shape index (κ2) is 6.53. The third-order valence-corrected chi connectivity index (χ3v) is 3.19. The number of nitrogens with zero attached hydrogens (tertiary/aromatic N) is 1. The third kappa shape index (κ3) is 4.71. The van der Waals surface area contributed by atoms with Gasteiger partial charge in [-0.2, -0.15) is 0 Å². The van der Waals surface area contributed by atoms with Gasteiger partial charge in [-0.25, -0.2) is 0 Å². The first-order valence-corrected chi connectivity index (χ1v) is 6.53. The molecular formula is C14H21N3O4. The Morgan fingerprint density at radius 2 is 2.10 bits per heavy atom. The highest BCUT2D eigenvalue weighted by Gasteiger charge is 2.24. The van der Waals surface area contributed by atoms with Crippen LogP contribution in [0.4, 0.5) is 11.4 Å². The fourth-order valence-corrected chi connectivity index (χ4v) is 1.60. The molecule has 0 aliphatic rings. The van der Waals surface area contributed by atoms with Crippen LogP contribution in [0.5, 0.6) is 5.75 Å². The number of benzene rings is 1. The maximum Gasteiger partial charge on any atom is 0.296 e. The van der Waals surface area contributed by atoms with Crippen molar-refractivity contribution in [1.29, 1.82) is 0 Å². The lowest BCUT2D eigenvalue weighted by Crippen LogP contribution is -2.38. The van der Waals surface area contributed by atoms with Gasteiger partial charge in [0, 0.05) is 12.5 Å². The van der Waals surface area contributed by atoms with Crippen LogP contribution in [0, 0.1) is 15.5 Å². The number of methoxy groups -OCH3 is 1. The van der Waals surface area contributed by atoms with Crippen molar-refractivity contribution in [2.24, 2.45) is 11.1 Å². The Labute approximate surface area is 123 Å². The van der Waals surface area contributed by atoms with Crippen LogP contribution >= 0.6 is 0 Å². The van der Waals surface area contributed by atoms with E-state index in [-0.39, 0.29) is 35.2 Å². The Morgan fingerprint density at radius 1 is 1.48 bits per heavy atom. The van der Waals surface area contributed by atoms with Crippen LogP contribution < -0.4 is 15.8 Å². The van der Waals surface area contributed by atoms with E-state index in [0.717, 1.165) is 0 Å². The van der Waals surface area contributed by atoms with Gasteiger partial charge in [-0.1, -0.05) is 20.8 Å². The fraction of sp³-hybridized carbons (Fsp3) is 0.500. The molecule has 0 heterocycles. The molecular weight excluding hydrogens is 274 g/mol. The number of nitrogens with two attached hydrogens (primary N) is 1. The van der Waals surface area contributed by atoms with E-state index < -0.39 is 4.92 Å². The van der Waals surface area contributed by atoms with E-state index in [0.29, 0.717) is 5.75 Å². The van der Waals surface area contributed by atoms with Crippen molar-refractivity contribution < 1.29 is 14.5 Å². The number of rotatable bonds is 5. The molecule has 116 valence electrons. The zero-order chi connectivity index (χ0) is 16.2. The van der Waals surface area contributed by atoms with Crippen LogP contribution in [0.25, 0.3) is 0 Å². The minimum Gasteiger partial charge on any atom is -0.496 e. The van der Waals surface area contributed by atoms with E-state index in [1.54, 1.807) is 6.07 Å². The van der Waals surface area contributed by atoms with Gasteiger partial charge in [-0.15, -0.1) is 0 Å². The Kier molecular flexibility index (Phi) is 5.26. The number of carbonyl (C=O) groups excluding carboxylic acids is 1. The molecule has 7 nitrogen and oxygen atoms in total. The number of nitrogens with one attached hydrogen (secondary N) is 1. The SMILES string of the molecule is COc1ccc(NC(=O)CC(N)C(C)(C)C)c([N+](=O)[O-])c1. The van der Waals surface area contributed by atoms with Crippen LogP contribution in [0.2, 0.25) is 0 Å². The van der Waals surface area contributed by atoms with Crippen LogP contribution in [-0.4, -0.2) is 24.0 Å². The maximum absolute atomic E-state index is 12.0. The highest BCUT2D eigenvalue weighted by molar-refractivity contribution is 5.93. The average Bonchev–Trinajstić information content (AvgIpc) is 2.37. The topological polar surface area (TPSA) is 107 Å². The molecule has 0 fully saturated rings. The molecule has 0 radical (unpaired) electrons. The summed E-state index contributed by atoms with van der Waals surface area (Å²) in [4.78, 5) is 22.4. The van der Waals surface area contributed by atoms with Crippen molar-refractivity contribution >= 4 is 17.3 Å². The summed E-state index contributed by atoms with van der Waals surface area (Å²) < 4.78 is 4.94. The Balaban J connectivity index is 2.88. The van der Waals surface area contributed by atoms with E-state index in [1.165, 1.54) is 19.2 Å². The van der Waals surface area contributed by atoms with Crippen molar-refractivity contribution in [3.05, 3.63) is 28.3 Å². The van der Waals surface area contributed by atoms with Crippen molar-refractivity contribution in [2.75, 3.05) is 12.4 Å². The Bertz CT molecular complexity index is 538. The second-order valence-electron chi connectivity index (χ2n) is 5.87. The molecule has 1 aromatic rings. The first kappa shape index (κ1) is 16.9. The number of ether oxygens (including phenoxy) is 1. The molecule has 0 saturated heterocycles. The van der Waals surface area contributed by atoms with Crippen molar-refractivity contribution in [2.45, 2.75) is 33.2 Å². The van der Waals surface area contributed by atoms with E-state index in [2.05, 4.69) is 5.32 Å². The standard InChI is InChI=1S/C14H21N3O4/c1-14(2,3)12(15)8-13(18)16-10-6-5-9(21-4)7-11(10)17(19)20/h5-7,12H,8,15H2,1-4H3,(H,16,18). The number of amides is 1. The monoisotopic (exact) mass is 295 g/mol. The molecule has 1 atom stereocenters. The van der Waals surface area contributed by atoms with E-state index in [4.69, 9.17) is 10.5 Å². The van der Waals surface area contributed by atoms with Crippen molar-refractivity contribution in [3.8, 4) is 5.75 Å². The summed E-state index contributed by atoms with van der Waals surface area (Å²) in [6.45, 7) is 5.79. The molecule has 0 saturated carbocycles. The van der Waals surface area contributed by atoms with Gasteiger partial charge in [-0.3, -0.25) is 14.9 Å². The summed E-state index contributed by atoms with van der Waals surface area (Å²) in [6.07, 6.45) is 0.0900. The van der Waals surface area contributed by atoms with Gasteiger partial charge >= 0.3 is 0 Å².